The van der Waals surface area contributed by atoms with Gasteiger partial charge in [-0.1, -0.05) is 49.6 Å². The van der Waals surface area contributed by atoms with Gasteiger partial charge in [0.25, 0.3) is 5.91 Å². The average Bonchev–Trinajstić information content (AvgIpc) is 3.12. The Morgan fingerprint density at radius 2 is 2.00 bits per heavy atom. The number of aliphatic hydroxyl groups is 1. The van der Waals surface area contributed by atoms with Gasteiger partial charge in [0.1, 0.15) is 0 Å². The maximum Gasteiger partial charge on any atom is 0.290 e. The molecule has 6 heteroatoms. The molecule has 0 bridgehead atoms. The lowest BCUT2D eigenvalue weighted by molar-refractivity contribution is -0.129. The molecule has 1 aromatic heterocycles. The number of rotatable bonds is 7. The SMILES string of the molecule is CCCCCN1C(=O)C(O)=C(C(=O)c2sc(C)nc2C)C1c1cccc(C)c1. The number of thiazole rings is 1. The maximum absolute atomic E-state index is 13.4. The quantitative estimate of drug-likeness (QED) is 0.535. The number of benzene rings is 1. The molecule has 2 aromatic rings. The third-order valence-corrected chi connectivity index (χ3v) is 6.09. The number of Topliss-reactive ketones (excluding diaryl/α,β-unsaturated/α-hetero) is 1. The van der Waals surface area contributed by atoms with Crippen LogP contribution in [-0.4, -0.2) is 33.2 Å². The van der Waals surface area contributed by atoms with Crippen LogP contribution in [0.1, 0.15) is 63.7 Å². The molecule has 0 radical (unpaired) electrons. The van der Waals surface area contributed by atoms with E-state index in [0.717, 1.165) is 35.4 Å². The maximum atomic E-state index is 13.4. The third kappa shape index (κ3) is 3.74. The molecule has 148 valence electrons. The van der Waals surface area contributed by atoms with Gasteiger partial charge < -0.3 is 10.0 Å². The summed E-state index contributed by atoms with van der Waals surface area (Å²) in [6.45, 7) is 8.21. The molecule has 1 aliphatic heterocycles. The molecule has 1 N–H and O–H groups in total. The molecule has 0 saturated carbocycles. The van der Waals surface area contributed by atoms with Crippen LogP contribution in [0.25, 0.3) is 0 Å². The molecule has 28 heavy (non-hydrogen) atoms. The van der Waals surface area contributed by atoms with E-state index in [9.17, 15) is 14.7 Å². The first-order valence-corrected chi connectivity index (χ1v) is 10.5. The van der Waals surface area contributed by atoms with Crippen molar-refractivity contribution in [2.75, 3.05) is 6.54 Å². The van der Waals surface area contributed by atoms with Crippen LogP contribution in [0.15, 0.2) is 35.6 Å². The summed E-state index contributed by atoms with van der Waals surface area (Å²) in [5, 5.41) is 11.5. The molecule has 0 saturated heterocycles. The molecule has 1 unspecified atom stereocenters. The van der Waals surface area contributed by atoms with Crippen molar-refractivity contribution < 1.29 is 14.7 Å². The van der Waals surface area contributed by atoms with Gasteiger partial charge in [0.05, 0.1) is 27.2 Å². The Labute approximate surface area is 169 Å². The Hall–Kier alpha value is -2.47. The summed E-state index contributed by atoms with van der Waals surface area (Å²) in [6.07, 6.45) is 2.85. The lowest BCUT2D eigenvalue weighted by atomic mass is 9.94. The fraction of sp³-hybridized carbons (Fsp3) is 0.409. The lowest BCUT2D eigenvalue weighted by Gasteiger charge is -2.27. The second-order valence-corrected chi connectivity index (χ2v) is 8.46. The summed E-state index contributed by atoms with van der Waals surface area (Å²) in [5.41, 5.74) is 2.68. The molecule has 3 rings (SSSR count). The highest BCUT2D eigenvalue weighted by molar-refractivity contribution is 7.14. The lowest BCUT2D eigenvalue weighted by Crippen LogP contribution is -2.32. The number of amides is 1. The Balaban J connectivity index is 2.07. The van der Waals surface area contributed by atoms with E-state index in [1.54, 1.807) is 11.8 Å². The molecular formula is C22H26N2O3S. The number of nitrogens with zero attached hydrogens (tertiary/aromatic N) is 2. The molecule has 1 aliphatic rings. The highest BCUT2D eigenvalue weighted by Crippen LogP contribution is 2.40. The zero-order valence-electron chi connectivity index (χ0n) is 16.8. The van der Waals surface area contributed by atoms with Crippen LogP contribution in [0.2, 0.25) is 0 Å². The number of aryl methyl sites for hydroxylation is 3. The van der Waals surface area contributed by atoms with Crippen molar-refractivity contribution in [3.63, 3.8) is 0 Å². The number of aromatic nitrogens is 1. The third-order valence-electron chi connectivity index (χ3n) is 5.02. The van der Waals surface area contributed by atoms with Crippen LogP contribution >= 0.6 is 11.3 Å². The van der Waals surface area contributed by atoms with E-state index in [1.165, 1.54) is 11.3 Å². The van der Waals surface area contributed by atoms with Gasteiger partial charge in [-0.15, -0.1) is 11.3 Å². The minimum Gasteiger partial charge on any atom is -0.503 e. The second kappa shape index (κ2) is 8.27. The van der Waals surface area contributed by atoms with E-state index in [0.29, 0.717) is 17.1 Å². The largest absolute Gasteiger partial charge is 0.503 e. The molecule has 0 aliphatic carbocycles. The Morgan fingerprint density at radius 1 is 1.25 bits per heavy atom. The van der Waals surface area contributed by atoms with Crippen LogP contribution in [-0.2, 0) is 4.79 Å². The van der Waals surface area contributed by atoms with Gasteiger partial charge in [-0.3, -0.25) is 9.59 Å². The van der Waals surface area contributed by atoms with Crippen molar-refractivity contribution in [1.29, 1.82) is 0 Å². The van der Waals surface area contributed by atoms with Gasteiger partial charge in [-0.2, -0.15) is 0 Å². The van der Waals surface area contributed by atoms with E-state index in [4.69, 9.17) is 0 Å². The monoisotopic (exact) mass is 398 g/mol. The second-order valence-electron chi connectivity index (χ2n) is 7.26. The first kappa shape index (κ1) is 20.3. The predicted octanol–water partition coefficient (Wildman–Crippen LogP) is 4.84. The predicted molar refractivity (Wildman–Crippen MR) is 111 cm³/mol. The normalized spacial score (nSPS) is 16.9. The summed E-state index contributed by atoms with van der Waals surface area (Å²) >= 11 is 1.30. The van der Waals surface area contributed by atoms with Gasteiger partial charge in [-0.05, 0) is 32.8 Å². The van der Waals surface area contributed by atoms with Gasteiger partial charge in [0, 0.05) is 6.54 Å². The summed E-state index contributed by atoms with van der Waals surface area (Å²) in [7, 11) is 0. The van der Waals surface area contributed by atoms with Crippen LogP contribution in [0, 0.1) is 20.8 Å². The van der Waals surface area contributed by atoms with Crippen molar-refractivity contribution in [1.82, 2.24) is 9.88 Å². The van der Waals surface area contributed by atoms with Crippen molar-refractivity contribution >= 4 is 23.0 Å². The summed E-state index contributed by atoms with van der Waals surface area (Å²) in [4.78, 5) is 32.7. The van der Waals surface area contributed by atoms with Crippen LogP contribution in [0.5, 0.6) is 0 Å². The molecule has 0 spiro atoms. The molecule has 2 heterocycles. The van der Waals surface area contributed by atoms with Crippen molar-refractivity contribution in [2.45, 2.75) is 53.0 Å². The smallest absolute Gasteiger partial charge is 0.290 e. The topological polar surface area (TPSA) is 70.5 Å². The van der Waals surface area contributed by atoms with E-state index < -0.39 is 17.7 Å². The van der Waals surface area contributed by atoms with E-state index in [1.807, 2.05) is 38.1 Å². The van der Waals surface area contributed by atoms with E-state index in [2.05, 4.69) is 11.9 Å². The molecule has 1 amide bonds. The highest BCUT2D eigenvalue weighted by Gasteiger charge is 2.44. The standard InChI is InChI=1S/C22H26N2O3S/c1-5-6-7-11-24-18(16-10-8-9-13(2)12-16)17(20(26)22(24)27)19(25)21-14(3)23-15(4)28-21/h8-10,12,18,26H,5-7,11H2,1-4H3. The summed E-state index contributed by atoms with van der Waals surface area (Å²) in [5.74, 6) is -1.21. The van der Waals surface area contributed by atoms with Crippen molar-refractivity contribution in [3.8, 4) is 0 Å². The van der Waals surface area contributed by atoms with Gasteiger partial charge in [0.2, 0.25) is 5.78 Å². The summed E-state index contributed by atoms with van der Waals surface area (Å²) < 4.78 is 0. The number of unbranched alkanes of at least 4 members (excludes halogenated alkanes) is 2. The number of aliphatic hydroxyl groups excluding tert-OH is 1. The average molecular weight is 399 g/mol. The van der Waals surface area contributed by atoms with E-state index >= 15 is 0 Å². The molecule has 0 fully saturated rings. The van der Waals surface area contributed by atoms with Crippen LogP contribution < -0.4 is 0 Å². The van der Waals surface area contributed by atoms with Crippen molar-refractivity contribution in [2.24, 2.45) is 0 Å². The number of ketones is 1. The first-order valence-electron chi connectivity index (χ1n) is 9.64. The van der Waals surface area contributed by atoms with Gasteiger partial charge >= 0.3 is 0 Å². The van der Waals surface area contributed by atoms with Gasteiger partial charge in [0.15, 0.2) is 5.76 Å². The number of carbonyl (C=O) groups excluding carboxylic acids is 2. The fourth-order valence-corrected chi connectivity index (χ4v) is 4.57. The van der Waals surface area contributed by atoms with Crippen LogP contribution in [0.4, 0.5) is 0 Å². The first-order chi connectivity index (χ1) is 13.3. The van der Waals surface area contributed by atoms with E-state index in [-0.39, 0.29) is 11.4 Å². The molecular weight excluding hydrogens is 372 g/mol. The Bertz CT molecular complexity index is 945. The number of hydrogen-bond donors (Lipinski definition) is 1. The zero-order valence-corrected chi connectivity index (χ0v) is 17.6. The van der Waals surface area contributed by atoms with Gasteiger partial charge in [-0.25, -0.2) is 4.98 Å². The molecule has 1 atom stereocenters. The van der Waals surface area contributed by atoms with Crippen LogP contribution in [0.3, 0.4) is 0 Å². The highest BCUT2D eigenvalue weighted by atomic mass is 32.1. The minimum absolute atomic E-state index is 0.166. The zero-order chi connectivity index (χ0) is 20.4. The van der Waals surface area contributed by atoms with Crippen molar-refractivity contribution in [3.05, 3.63) is 62.3 Å². The Kier molecular flexibility index (Phi) is 5.98. The molecule has 5 nitrogen and oxygen atoms in total. The fourth-order valence-electron chi connectivity index (χ4n) is 3.70. The number of carbonyl (C=O) groups is 2. The Morgan fingerprint density at radius 3 is 2.61 bits per heavy atom. The summed E-state index contributed by atoms with van der Waals surface area (Å²) in [6, 6.07) is 7.21. The minimum atomic E-state index is -0.571. The molecule has 1 aromatic carbocycles. The number of hydrogen-bond acceptors (Lipinski definition) is 5.